The van der Waals surface area contributed by atoms with Crippen LogP contribution >= 0.6 is 27.3 Å². The molecular formula is C18H17BrN4O2S. The van der Waals surface area contributed by atoms with E-state index in [0.29, 0.717) is 11.4 Å². The Balaban J connectivity index is 1.51. The number of para-hydroxylation sites is 1. The molecule has 1 N–H and O–H groups in total. The third kappa shape index (κ3) is 4.59. The first kappa shape index (κ1) is 18.3. The molecule has 134 valence electrons. The van der Waals surface area contributed by atoms with Gasteiger partial charge in [-0.1, -0.05) is 18.2 Å². The predicted molar refractivity (Wildman–Crippen MR) is 104 cm³/mol. The molecule has 0 aliphatic heterocycles. The van der Waals surface area contributed by atoms with Gasteiger partial charge in [-0.05, 0) is 40.2 Å². The highest BCUT2D eigenvalue weighted by molar-refractivity contribution is 9.11. The Morgan fingerprint density at radius 1 is 1.23 bits per heavy atom. The van der Waals surface area contributed by atoms with Crippen molar-refractivity contribution in [2.24, 2.45) is 0 Å². The minimum atomic E-state index is -0.219. The highest BCUT2D eigenvalue weighted by Gasteiger charge is 2.16. The van der Waals surface area contributed by atoms with Crippen molar-refractivity contribution in [3.63, 3.8) is 0 Å². The van der Waals surface area contributed by atoms with E-state index >= 15 is 0 Å². The molecule has 3 aromatic rings. The molecule has 0 aliphatic carbocycles. The molecule has 8 heteroatoms. The molecule has 26 heavy (non-hydrogen) atoms. The molecule has 0 saturated heterocycles. The molecule has 1 aromatic carbocycles. The number of amides is 2. The molecule has 2 heterocycles. The fourth-order valence-corrected chi connectivity index (χ4v) is 3.72. The number of halogens is 1. The third-order valence-electron chi connectivity index (χ3n) is 3.66. The summed E-state index contributed by atoms with van der Waals surface area (Å²) in [4.78, 5) is 26.4. The number of thiophene rings is 1. The molecule has 3 rings (SSSR count). The van der Waals surface area contributed by atoms with E-state index in [2.05, 4.69) is 26.3 Å². The van der Waals surface area contributed by atoms with Gasteiger partial charge in [0.2, 0.25) is 5.91 Å². The van der Waals surface area contributed by atoms with Gasteiger partial charge in [0.25, 0.3) is 5.91 Å². The Kier molecular flexibility index (Phi) is 5.85. The van der Waals surface area contributed by atoms with Gasteiger partial charge in [0, 0.05) is 25.4 Å². The first-order valence-corrected chi connectivity index (χ1v) is 9.50. The molecule has 0 fully saturated rings. The van der Waals surface area contributed by atoms with Gasteiger partial charge in [0.05, 0.1) is 27.1 Å². The Morgan fingerprint density at radius 3 is 2.69 bits per heavy atom. The van der Waals surface area contributed by atoms with E-state index in [1.54, 1.807) is 24.0 Å². The van der Waals surface area contributed by atoms with Crippen molar-refractivity contribution >= 4 is 39.1 Å². The lowest BCUT2D eigenvalue weighted by Crippen LogP contribution is -2.37. The molecular weight excluding hydrogens is 416 g/mol. The lowest BCUT2D eigenvalue weighted by atomic mass is 10.3. The van der Waals surface area contributed by atoms with Gasteiger partial charge in [-0.3, -0.25) is 9.59 Å². The second kappa shape index (κ2) is 8.29. The fraction of sp³-hybridized carbons (Fsp3) is 0.167. The van der Waals surface area contributed by atoms with E-state index in [4.69, 9.17) is 0 Å². The van der Waals surface area contributed by atoms with Gasteiger partial charge in [-0.15, -0.1) is 11.3 Å². The van der Waals surface area contributed by atoms with Crippen LogP contribution in [0.4, 0.5) is 0 Å². The number of rotatable bonds is 6. The van der Waals surface area contributed by atoms with Crippen LogP contribution in [0.5, 0.6) is 0 Å². The largest absolute Gasteiger partial charge is 0.350 e. The molecule has 0 aliphatic rings. The van der Waals surface area contributed by atoms with Crippen molar-refractivity contribution in [3.05, 3.63) is 69.1 Å². The van der Waals surface area contributed by atoms with Crippen LogP contribution in [0.15, 0.2) is 58.6 Å². The quantitative estimate of drug-likeness (QED) is 0.650. The van der Waals surface area contributed by atoms with E-state index in [0.717, 1.165) is 15.0 Å². The topological polar surface area (TPSA) is 67.2 Å². The van der Waals surface area contributed by atoms with Gasteiger partial charge < -0.3 is 10.2 Å². The van der Waals surface area contributed by atoms with E-state index in [1.165, 1.54) is 16.2 Å². The van der Waals surface area contributed by atoms with E-state index in [-0.39, 0.29) is 18.4 Å². The summed E-state index contributed by atoms with van der Waals surface area (Å²) < 4.78 is 2.64. The maximum Gasteiger partial charge on any atom is 0.264 e. The van der Waals surface area contributed by atoms with Gasteiger partial charge >= 0.3 is 0 Å². The van der Waals surface area contributed by atoms with Crippen LogP contribution in [0.1, 0.15) is 15.2 Å². The first-order valence-electron chi connectivity index (χ1n) is 7.89. The number of carbonyl (C=O) groups is 2. The molecule has 0 saturated carbocycles. The van der Waals surface area contributed by atoms with Crippen LogP contribution in [0.2, 0.25) is 0 Å². The summed E-state index contributed by atoms with van der Waals surface area (Å²) in [6.07, 6.45) is 3.58. The number of carbonyl (C=O) groups excluding carboxylic acids is 2. The summed E-state index contributed by atoms with van der Waals surface area (Å²) in [6.45, 7) is 0.361. The number of aromatic nitrogens is 2. The van der Waals surface area contributed by atoms with Crippen molar-refractivity contribution < 1.29 is 9.59 Å². The number of benzene rings is 1. The average molecular weight is 433 g/mol. The van der Waals surface area contributed by atoms with Crippen molar-refractivity contribution in [3.8, 4) is 5.69 Å². The van der Waals surface area contributed by atoms with E-state index in [9.17, 15) is 9.59 Å². The minimum Gasteiger partial charge on any atom is -0.350 e. The van der Waals surface area contributed by atoms with E-state index in [1.807, 2.05) is 42.6 Å². The first-order chi connectivity index (χ1) is 12.5. The Hall–Kier alpha value is -2.45. The van der Waals surface area contributed by atoms with Crippen molar-refractivity contribution in [2.45, 2.75) is 6.54 Å². The van der Waals surface area contributed by atoms with Crippen molar-refractivity contribution in [1.82, 2.24) is 20.0 Å². The molecule has 0 atom stereocenters. The molecule has 2 amide bonds. The lowest BCUT2D eigenvalue weighted by molar-refractivity contribution is -0.121. The standard InChI is InChI=1S/C18H17BrN4O2S/c1-22(18(25)15-7-8-16(19)26-15)12-17(24)20-9-13-10-21-23(11-13)14-5-3-2-4-6-14/h2-8,10-11H,9,12H2,1H3,(H,20,24). The molecule has 0 spiro atoms. The molecule has 0 bridgehead atoms. The molecule has 6 nitrogen and oxygen atoms in total. The fourth-order valence-electron chi connectivity index (χ4n) is 2.33. The Bertz CT molecular complexity index is 907. The normalized spacial score (nSPS) is 10.5. The zero-order valence-electron chi connectivity index (χ0n) is 14.1. The average Bonchev–Trinajstić information content (AvgIpc) is 3.29. The third-order valence-corrected chi connectivity index (χ3v) is 5.27. The number of hydrogen-bond acceptors (Lipinski definition) is 4. The number of likely N-dealkylation sites (N-methyl/N-ethyl adjacent to an activating group) is 1. The highest BCUT2D eigenvalue weighted by Crippen LogP contribution is 2.22. The number of hydrogen-bond donors (Lipinski definition) is 1. The SMILES string of the molecule is CN(CC(=O)NCc1cnn(-c2ccccc2)c1)C(=O)c1ccc(Br)s1. The van der Waals surface area contributed by atoms with Crippen molar-refractivity contribution in [2.75, 3.05) is 13.6 Å². The number of nitrogens with zero attached hydrogens (tertiary/aromatic N) is 3. The van der Waals surface area contributed by atoms with Gasteiger partial charge in [0.1, 0.15) is 0 Å². The van der Waals surface area contributed by atoms with Crippen LogP contribution in [0.3, 0.4) is 0 Å². The van der Waals surface area contributed by atoms with Crippen LogP contribution < -0.4 is 5.32 Å². The minimum absolute atomic E-state index is 0.00117. The molecule has 0 unspecified atom stereocenters. The van der Waals surface area contributed by atoms with Crippen LogP contribution in [-0.2, 0) is 11.3 Å². The zero-order chi connectivity index (χ0) is 18.5. The van der Waals surface area contributed by atoms with E-state index < -0.39 is 0 Å². The Labute approximate surface area is 163 Å². The highest BCUT2D eigenvalue weighted by atomic mass is 79.9. The second-order valence-electron chi connectivity index (χ2n) is 5.67. The summed E-state index contributed by atoms with van der Waals surface area (Å²) in [5.74, 6) is -0.392. The molecule has 2 aromatic heterocycles. The monoisotopic (exact) mass is 432 g/mol. The summed E-state index contributed by atoms with van der Waals surface area (Å²) in [6, 6.07) is 13.3. The number of nitrogens with one attached hydrogen (secondary N) is 1. The Morgan fingerprint density at radius 2 is 2.00 bits per heavy atom. The lowest BCUT2D eigenvalue weighted by Gasteiger charge is -2.15. The van der Waals surface area contributed by atoms with Gasteiger partial charge in [0.15, 0.2) is 0 Å². The summed E-state index contributed by atoms with van der Waals surface area (Å²) in [7, 11) is 1.61. The van der Waals surface area contributed by atoms with Gasteiger partial charge in [-0.25, -0.2) is 4.68 Å². The van der Waals surface area contributed by atoms with Gasteiger partial charge in [-0.2, -0.15) is 5.10 Å². The summed E-state index contributed by atoms with van der Waals surface area (Å²) in [5, 5.41) is 7.11. The van der Waals surface area contributed by atoms with Crippen LogP contribution in [0, 0.1) is 0 Å². The predicted octanol–water partition coefficient (Wildman–Crippen LogP) is 3.08. The van der Waals surface area contributed by atoms with Crippen LogP contribution in [-0.4, -0.2) is 40.1 Å². The summed E-state index contributed by atoms with van der Waals surface area (Å²) in [5.41, 5.74) is 1.84. The smallest absolute Gasteiger partial charge is 0.264 e. The van der Waals surface area contributed by atoms with Crippen molar-refractivity contribution in [1.29, 1.82) is 0 Å². The zero-order valence-corrected chi connectivity index (χ0v) is 16.5. The second-order valence-corrected chi connectivity index (χ2v) is 8.13. The van der Waals surface area contributed by atoms with Crippen LogP contribution in [0.25, 0.3) is 5.69 Å². The molecule has 0 radical (unpaired) electrons. The maximum absolute atomic E-state index is 12.3. The summed E-state index contributed by atoms with van der Waals surface area (Å²) >= 11 is 4.68. The maximum atomic E-state index is 12.3.